The molecule has 9 heteroatoms. The van der Waals surface area contributed by atoms with Crippen molar-refractivity contribution in [1.29, 1.82) is 0 Å². The van der Waals surface area contributed by atoms with Crippen molar-refractivity contribution in [2.45, 2.75) is 51.6 Å². The molecule has 6 N–H and O–H groups in total. The fourth-order valence-electron chi connectivity index (χ4n) is 2.76. The number of methoxy groups -OCH3 is 1. The van der Waals surface area contributed by atoms with E-state index in [1.165, 1.54) is 13.2 Å². The topological polar surface area (TPSA) is 157 Å². The van der Waals surface area contributed by atoms with Crippen molar-refractivity contribution in [1.82, 2.24) is 0 Å². The number of aliphatic hydroxyl groups excluding tert-OH is 5. The molecule has 164 valence electrons. The quantitative estimate of drug-likeness (QED) is 0.225. The lowest BCUT2D eigenvalue weighted by molar-refractivity contribution is -0.126. The van der Waals surface area contributed by atoms with Gasteiger partial charge in [0.15, 0.2) is 6.10 Å². The third-order valence-corrected chi connectivity index (χ3v) is 4.43. The number of esters is 1. The van der Waals surface area contributed by atoms with E-state index in [0.29, 0.717) is 17.5 Å². The molecule has 0 spiro atoms. The van der Waals surface area contributed by atoms with E-state index < -0.39 is 43.6 Å². The molecule has 1 aromatic carbocycles. The number of allylic oxidation sites excluding steroid dienone is 2. The van der Waals surface area contributed by atoms with Crippen LogP contribution in [0.5, 0.6) is 11.5 Å². The average molecular weight is 414 g/mol. The minimum Gasteiger partial charge on any atom is -0.508 e. The van der Waals surface area contributed by atoms with Gasteiger partial charge >= 0.3 is 5.97 Å². The fraction of sp³-hybridized carbons (Fsp3) is 0.550. The number of aromatic hydroxyl groups is 1. The zero-order chi connectivity index (χ0) is 22.3. The number of carbonyl (C=O) groups excluding carboxylic acids is 1. The summed E-state index contributed by atoms with van der Waals surface area (Å²) in [5, 5.41) is 58.0. The van der Waals surface area contributed by atoms with Gasteiger partial charge in [0.05, 0.1) is 20.3 Å². The molecule has 1 rings (SSSR count). The molecular weight excluding hydrogens is 384 g/mol. The SMILES string of the molecule is COc1c(CC=C(C)C)c(O)cc(C)c1C(=O)OC(CO)C(O)C(O)C(O)CO. The van der Waals surface area contributed by atoms with Crippen LogP contribution in [0, 0.1) is 6.92 Å². The maximum Gasteiger partial charge on any atom is 0.342 e. The summed E-state index contributed by atoms with van der Waals surface area (Å²) in [5.41, 5.74) is 1.69. The summed E-state index contributed by atoms with van der Waals surface area (Å²) < 4.78 is 10.5. The third kappa shape index (κ3) is 6.15. The van der Waals surface area contributed by atoms with E-state index in [1.807, 2.05) is 19.9 Å². The van der Waals surface area contributed by atoms with Gasteiger partial charge in [0.2, 0.25) is 0 Å². The highest BCUT2D eigenvalue weighted by Crippen LogP contribution is 2.36. The molecule has 0 aliphatic carbocycles. The first kappa shape index (κ1) is 24.9. The molecule has 0 fully saturated rings. The van der Waals surface area contributed by atoms with Crippen molar-refractivity contribution in [3.8, 4) is 11.5 Å². The van der Waals surface area contributed by atoms with Gasteiger partial charge in [0.1, 0.15) is 35.4 Å². The molecule has 9 nitrogen and oxygen atoms in total. The van der Waals surface area contributed by atoms with E-state index in [0.717, 1.165) is 5.57 Å². The van der Waals surface area contributed by atoms with Crippen LogP contribution in [0.1, 0.15) is 35.3 Å². The Morgan fingerprint density at radius 1 is 1.14 bits per heavy atom. The lowest BCUT2D eigenvalue weighted by atomic mass is 9.98. The van der Waals surface area contributed by atoms with Gasteiger partial charge in [0.25, 0.3) is 0 Å². The Labute approximate surface area is 169 Å². The van der Waals surface area contributed by atoms with Crippen LogP contribution in [0.3, 0.4) is 0 Å². The summed E-state index contributed by atoms with van der Waals surface area (Å²) in [7, 11) is 1.33. The second kappa shape index (κ2) is 11.1. The van der Waals surface area contributed by atoms with Gasteiger partial charge < -0.3 is 40.1 Å². The summed E-state index contributed by atoms with van der Waals surface area (Å²) in [4.78, 5) is 12.8. The molecule has 4 atom stereocenters. The van der Waals surface area contributed by atoms with Gasteiger partial charge in [-0.15, -0.1) is 0 Å². The van der Waals surface area contributed by atoms with Gasteiger partial charge in [-0.05, 0) is 38.8 Å². The smallest absolute Gasteiger partial charge is 0.342 e. The Bertz CT molecular complexity index is 725. The lowest BCUT2D eigenvalue weighted by Gasteiger charge is -2.28. The molecule has 0 aromatic heterocycles. The van der Waals surface area contributed by atoms with Gasteiger partial charge in [-0.1, -0.05) is 11.6 Å². The molecule has 0 saturated heterocycles. The first-order valence-electron chi connectivity index (χ1n) is 9.08. The number of phenolic OH excluding ortho intramolecular Hbond substituents is 1. The van der Waals surface area contributed by atoms with Gasteiger partial charge in [-0.25, -0.2) is 4.79 Å². The normalized spacial score (nSPS) is 15.2. The molecule has 4 unspecified atom stereocenters. The molecule has 1 aromatic rings. The van der Waals surface area contributed by atoms with Crippen LogP contribution in [-0.4, -0.2) is 81.3 Å². The number of carbonyl (C=O) groups is 1. The number of aryl methyl sites for hydroxylation is 1. The van der Waals surface area contributed by atoms with Crippen LogP contribution >= 0.6 is 0 Å². The average Bonchev–Trinajstić information content (AvgIpc) is 2.68. The molecule has 0 aliphatic rings. The van der Waals surface area contributed by atoms with Crippen molar-refractivity contribution in [3.63, 3.8) is 0 Å². The highest BCUT2D eigenvalue weighted by atomic mass is 16.6. The molecule has 0 bridgehead atoms. The van der Waals surface area contributed by atoms with Gasteiger partial charge in [-0.3, -0.25) is 0 Å². The molecule has 0 aliphatic heterocycles. The molecule has 29 heavy (non-hydrogen) atoms. The number of phenols is 1. The second-order valence-corrected chi connectivity index (χ2v) is 6.94. The molecule has 0 saturated carbocycles. The lowest BCUT2D eigenvalue weighted by Crippen LogP contribution is -2.48. The highest BCUT2D eigenvalue weighted by Gasteiger charge is 2.34. The van der Waals surface area contributed by atoms with Crippen LogP contribution in [0.25, 0.3) is 0 Å². The van der Waals surface area contributed by atoms with E-state index in [9.17, 15) is 30.3 Å². The fourth-order valence-corrected chi connectivity index (χ4v) is 2.76. The van der Waals surface area contributed by atoms with Crippen molar-refractivity contribution < 1.29 is 44.9 Å². The molecule has 0 radical (unpaired) electrons. The van der Waals surface area contributed by atoms with Crippen molar-refractivity contribution in [2.75, 3.05) is 20.3 Å². The van der Waals surface area contributed by atoms with Crippen molar-refractivity contribution in [3.05, 3.63) is 34.4 Å². The van der Waals surface area contributed by atoms with E-state index in [1.54, 1.807) is 6.92 Å². The van der Waals surface area contributed by atoms with Crippen molar-refractivity contribution in [2.24, 2.45) is 0 Å². The van der Waals surface area contributed by atoms with Crippen LogP contribution in [-0.2, 0) is 11.2 Å². The number of rotatable bonds is 10. The summed E-state index contributed by atoms with van der Waals surface area (Å²) in [5.74, 6) is -0.928. The summed E-state index contributed by atoms with van der Waals surface area (Å²) >= 11 is 0. The predicted molar refractivity (Wildman–Crippen MR) is 104 cm³/mol. The monoisotopic (exact) mass is 414 g/mol. The van der Waals surface area contributed by atoms with Crippen LogP contribution in [0.4, 0.5) is 0 Å². The number of ether oxygens (including phenoxy) is 2. The van der Waals surface area contributed by atoms with E-state index in [2.05, 4.69) is 0 Å². The molecule has 0 amide bonds. The third-order valence-electron chi connectivity index (χ3n) is 4.43. The second-order valence-electron chi connectivity index (χ2n) is 6.94. The maximum atomic E-state index is 12.8. The zero-order valence-electron chi connectivity index (χ0n) is 17.0. The molecule has 0 heterocycles. The van der Waals surface area contributed by atoms with Crippen molar-refractivity contribution >= 4 is 5.97 Å². The first-order chi connectivity index (χ1) is 13.6. The maximum absolute atomic E-state index is 12.8. The summed E-state index contributed by atoms with van der Waals surface area (Å²) in [6, 6.07) is 1.38. The Hall–Kier alpha value is -2.17. The van der Waals surface area contributed by atoms with E-state index >= 15 is 0 Å². The Morgan fingerprint density at radius 3 is 2.24 bits per heavy atom. The predicted octanol–water partition coefficient (Wildman–Crippen LogP) is -0.189. The first-order valence-corrected chi connectivity index (χ1v) is 9.08. The standard InChI is InChI=1S/C20H30O9/c1-10(2)5-6-12-13(23)7-11(3)16(19(12)28-4)20(27)29-15(9-22)18(26)17(25)14(24)8-21/h5,7,14-15,17-18,21-26H,6,8-9H2,1-4H3. The highest BCUT2D eigenvalue weighted by molar-refractivity contribution is 5.95. The largest absolute Gasteiger partial charge is 0.508 e. The zero-order valence-corrected chi connectivity index (χ0v) is 17.0. The minimum absolute atomic E-state index is 0.00898. The van der Waals surface area contributed by atoms with Crippen LogP contribution < -0.4 is 4.74 Å². The number of aliphatic hydroxyl groups is 5. The van der Waals surface area contributed by atoms with E-state index in [-0.39, 0.29) is 17.1 Å². The number of hydrogen-bond donors (Lipinski definition) is 6. The van der Waals surface area contributed by atoms with Gasteiger partial charge in [-0.2, -0.15) is 0 Å². The summed E-state index contributed by atoms with van der Waals surface area (Å²) in [6.07, 6.45) is -4.81. The Balaban J connectivity index is 3.26. The number of benzene rings is 1. The Morgan fingerprint density at radius 2 is 1.76 bits per heavy atom. The Kier molecular flexibility index (Phi) is 9.54. The van der Waals surface area contributed by atoms with Crippen LogP contribution in [0.15, 0.2) is 17.7 Å². The number of hydrogen-bond acceptors (Lipinski definition) is 9. The van der Waals surface area contributed by atoms with Gasteiger partial charge in [0, 0.05) is 5.56 Å². The van der Waals surface area contributed by atoms with Crippen LogP contribution in [0.2, 0.25) is 0 Å². The minimum atomic E-state index is -1.85. The molecular formula is C20H30O9. The van der Waals surface area contributed by atoms with E-state index in [4.69, 9.17) is 14.6 Å². The summed E-state index contributed by atoms with van der Waals surface area (Å²) in [6.45, 7) is 3.64.